The summed E-state index contributed by atoms with van der Waals surface area (Å²) in [6, 6.07) is 8.45. The van der Waals surface area contributed by atoms with E-state index in [9.17, 15) is 4.79 Å². The highest BCUT2D eigenvalue weighted by atomic mass is 16.2. The van der Waals surface area contributed by atoms with Crippen LogP contribution in [-0.2, 0) is 11.2 Å². The molecule has 0 atom stereocenters. The van der Waals surface area contributed by atoms with Crippen molar-refractivity contribution in [2.45, 2.75) is 39.2 Å². The van der Waals surface area contributed by atoms with Gasteiger partial charge in [0.1, 0.15) is 0 Å². The molecule has 0 aliphatic rings. The molecule has 1 amide bonds. The number of fused-ring (bicyclic) bond motifs is 1. The van der Waals surface area contributed by atoms with Gasteiger partial charge in [-0.05, 0) is 24.5 Å². The van der Waals surface area contributed by atoms with E-state index in [2.05, 4.69) is 24.9 Å². The van der Waals surface area contributed by atoms with Gasteiger partial charge in [0.15, 0.2) is 0 Å². The Morgan fingerprint density at radius 1 is 1.26 bits per heavy atom. The van der Waals surface area contributed by atoms with Crippen LogP contribution < -0.4 is 0 Å². The first-order chi connectivity index (χ1) is 9.17. The van der Waals surface area contributed by atoms with Gasteiger partial charge in [-0.3, -0.25) is 4.79 Å². The van der Waals surface area contributed by atoms with Crippen molar-refractivity contribution < 1.29 is 4.79 Å². The van der Waals surface area contributed by atoms with Crippen molar-refractivity contribution in [2.24, 2.45) is 0 Å². The number of likely N-dealkylation sites (N-methyl/N-ethyl adjacent to an activating group) is 1. The summed E-state index contributed by atoms with van der Waals surface area (Å²) < 4.78 is 0. The van der Waals surface area contributed by atoms with E-state index in [0.29, 0.717) is 12.5 Å². The number of nitrogens with zero attached hydrogens (tertiary/aromatic N) is 1. The van der Waals surface area contributed by atoms with Crippen LogP contribution in [0.4, 0.5) is 0 Å². The Labute approximate surface area is 114 Å². The lowest BCUT2D eigenvalue weighted by Crippen LogP contribution is -2.37. The Morgan fingerprint density at radius 3 is 2.63 bits per heavy atom. The lowest BCUT2D eigenvalue weighted by Gasteiger charge is -2.26. The number of carbonyl (C=O) groups excluding carboxylic acids is 1. The average Bonchev–Trinajstić information content (AvgIpc) is 2.83. The van der Waals surface area contributed by atoms with Crippen LogP contribution in [0.3, 0.4) is 0 Å². The molecular weight excluding hydrogens is 236 g/mol. The Bertz CT molecular complexity index is 555. The minimum absolute atomic E-state index is 0.193. The summed E-state index contributed by atoms with van der Waals surface area (Å²) in [5, 5.41) is 1.15. The van der Waals surface area contributed by atoms with E-state index < -0.39 is 0 Å². The van der Waals surface area contributed by atoms with Crippen molar-refractivity contribution in [1.82, 2.24) is 9.88 Å². The first-order valence-electron chi connectivity index (χ1n) is 6.98. The van der Waals surface area contributed by atoms with Crippen LogP contribution in [0.5, 0.6) is 0 Å². The van der Waals surface area contributed by atoms with E-state index in [-0.39, 0.29) is 5.91 Å². The smallest absolute Gasteiger partial charge is 0.227 e. The molecule has 1 aromatic heterocycles. The quantitative estimate of drug-likeness (QED) is 0.877. The number of hydrogen-bond donors (Lipinski definition) is 1. The molecule has 0 saturated carbocycles. The van der Waals surface area contributed by atoms with Gasteiger partial charge >= 0.3 is 0 Å². The first kappa shape index (κ1) is 13.7. The summed E-state index contributed by atoms with van der Waals surface area (Å²) >= 11 is 0. The number of benzene rings is 1. The van der Waals surface area contributed by atoms with E-state index in [1.807, 2.05) is 36.3 Å². The molecule has 0 saturated heterocycles. The molecule has 19 heavy (non-hydrogen) atoms. The molecule has 0 spiro atoms. The Balaban J connectivity index is 2.14. The maximum Gasteiger partial charge on any atom is 0.227 e. The SMILES string of the molecule is CCC(CC)N(C)C(=O)Cc1c[nH]c2ccccc12. The van der Waals surface area contributed by atoms with Crippen molar-refractivity contribution in [3.8, 4) is 0 Å². The second-order valence-corrected chi connectivity index (χ2v) is 5.01. The summed E-state index contributed by atoms with van der Waals surface area (Å²) in [7, 11) is 1.91. The number of amides is 1. The summed E-state index contributed by atoms with van der Waals surface area (Å²) in [5.74, 6) is 0.193. The predicted octanol–water partition coefficient (Wildman–Crippen LogP) is 3.36. The first-order valence-corrected chi connectivity index (χ1v) is 6.98. The Kier molecular flexibility index (Phi) is 4.25. The number of carbonyl (C=O) groups is 1. The zero-order valence-corrected chi connectivity index (χ0v) is 11.9. The second-order valence-electron chi connectivity index (χ2n) is 5.01. The van der Waals surface area contributed by atoms with Gasteiger partial charge in [0, 0.05) is 30.2 Å². The second kappa shape index (κ2) is 5.91. The van der Waals surface area contributed by atoms with E-state index in [1.54, 1.807) is 0 Å². The topological polar surface area (TPSA) is 36.1 Å². The third-order valence-electron chi connectivity index (χ3n) is 3.90. The predicted molar refractivity (Wildman–Crippen MR) is 79.1 cm³/mol. The maximum absolute atomic E-state index is 12.3. The van der Waals surface area contributed by atoms with E-state index in [1.165, 1.54) is 0 Å². The molecular formula is C16H22N2O. The minimum atomic E-state index is 0.193. The standard InChI is InChI=1S/C16H22N2O/c1-4-13(5-2)18(3)16(19)10-12-11-17-15-9-7-6-8-14(12)15/h6-9,11,13,17H,4-5,10H2,1-3H3. The van der Waals surface area contributed by atoms with Crippen molar-refractivity contribution in [1.29, 1.82) is 0 Å². The Morgan fingerprint density at radius 2 is 1.95 bits per heavy atom. The van der Waals surface area contributed by atoms with E-state index >= 15 is 0 Å². The van der Waals surface area contributed by atoms with Crippen LogP contribution >= 0.6 is 0 Å². The number of aromatic nitrogens is 1. The average molecular weight is 258 g/mol. The number of para-hydroxylation sites is 1. The van der Waals surface area contributed by atoms with Gasteiger partial charge in [-0.15, -0.1) is 0 Å². The largest absolute Gasteiger partial charge is 0.361 e. The minimum Gasteiger partial charge on any atom is -0.361 e. The molecule has 2 rings (SSSR count). The molecule has 3 nitrogen and oxygen atoms in total. The molecule has 0 unspecified atom stereocenters. The van der Waals surface area contributed by atoms with Crippen molar-refractivity contribution in [2.75, 3.05) is 7.05 Å². The number of hydrogen-bond acceptors (Lipinski definition) is 1. The van der Waals surface area contributed by atoms with E-state index in [4.69, 9.17) is 0 Å². The molecule has 1 aromatic carbocycles. The van der Waals surface area contributed by atoms with E-state index in [0.717, 1.165) is 29.3 Å². The fraction of sp³-hybridized carbons (Fsp3) is 0.438. The number of aromatic amines is 1. The fourth-order valence-electron chi connectivity index (χ4n) is 2.61. The molecule has 0 aliphatic carbocycles. The van der Waals surface area contributed by atoms with Crippen molar-refractivity contribution >= 4 is 16.8 Å². The summed E-state index contributed by atoms with van der Waals surface area (Å²) in [6.07, 6.45) is 4.43. The molecule has 1 N–H and O–H groups in total. The van der Waals surface area contributed by atoms with Crippen LogP contribution in [0.1, 0.15) is 32.3 Å². The molecule has 0 fully saturated rings. The molecule has 0 aliphatic heterocycles. The normalized spacial score (nSPS) is 11.2. The molecule has 2 aromatic rings. The zero-order valence-electron chi connectivity index (χ0n) is 11.9. The van der Waals surface area contributed by atoms with Crippen molar-refractivity contribution in [3.63, 3.8) is 0 Å². The lowest BCUT2D eigenvalue weighted by atomic mass is 10.1. The highest BCUT2D eigenvalue weighted by molar-refractivity contribution is 5.88. The van der Waals surface area contributed by atoms with Gasteiger partial charge in [0.2, 0.25) is 5.91 Å². The molecule has 0 bridgehead atoms. The lowest BCUT2D eigenvalue weighted by molar-refractivity contribution is -0.131. The van der Waals surface area contributed by atoms with Gasteiger partial charge < -0.3 is 9.88 Å². The van der Waals surface area contributed by atoms with Gasteiger partial charge in [-0.25, -0.2) is 0 Å². The van der Waals surface area contributed by atoms with Gasteiger partial charge in [0.25, 0.3) is 0 Å². The monoisotopic (exact) mass is 258 g/mol. The molecule has 1 heterocycles. The maximum atomic E-state index is 12.3. The fourth-order valence-corrected chi connectivity index (χ4v) is 2.61. The van der Waals surface area contributed by atoms with Gasteiger partial charge in [-0.1, -0.05) is 32.0 Å². The van der Waals surface area contributed by atoms with Crippen LogP contribution in [-0.4, -0.2) is 28.9 Å². The summed E-state index contributed by atoms with van der Waals surface area (Å²) in [5.41, 5.74) is 2.17. The molecule has 0 radical (unpaired) electrons. The summed E-state index contributed by atoms with van der Waals surface area (Å²) in [6.45, 7) is 4.26. The third kappa shape index (κ3) is 2.80. The number of nitrogens with one attached hydrogen (secondary N) is 1. The van der Waals surface area contributed by atoms with Gasteiger partial charge in [-0.2, -0.15) is 0 Å². The molecule has 3 heteroatoms. The highest BCUT2D eigenvalue weighted by Gasteiger charge is 2.18. The Hall–Kier alpha value is -1.77. The summed E-state index contributed by atoms with van der Waals surface area (Å²) in [4.78, 5) is 17.4. The van der Waals surface area contributed by atoms with Crippen LogP contribution in [0, 0.1) is 0 Å². The van der Waals surface area contributed by atoms with Crippen LogP contribution in [0.25, 0.3) is 10.9 Å². The van der Waals surface area contributed by atoms with Gasteiger partial charge in [0.05, 0.1) is 6.42 Å². The zero-order chi connectivity index (χ0) is 13.8. The van der Waals surface area contributed by atoms with Crippen molar-refractivity contribution in [3.05, 3.63) is 36.0 Å². The molecule has 102 valence electrons. The number of H-pyrrole nitrogens is 1. The third-order valence-corrected chi connectivity index (χ3v) is 3.90. The number of rotatable bonds is 5. The van der Waals surface area contributed by atoms with Crippen LogP contribution in [0.2, 0.25) is 0 Å². The van der Waals surface area contributed by atoms with Crippen LogP contribution in [0.15, 0.2) is 30.5 Å². The highest BCUT2D eigenvalue weighted by Crippen LogP contribution is 2.19.